The van der Waals surface area contributed by atoms with Crippen LogP contribution in [0.5, 0.6) is 5.75 Å². The fraction of sp³-hybridized carbons (Fsp3) is 0.389. The summed E-state index contributed by atoms with van der Waals surface area (Å²) in [6.07, 6.45) is 5.68. The second-order valence-corrected chi connectivity index (χ2v) is 6.08. The highest BCUT2D eigenvalue weighted by atomic mass is 16.5. The number of pyridine rings is 2. The molecule has 6 heteroatoms. The molecule has 0 atom stereocenters. The van der Waals surface area contributed by atoms with E-state index in [1.54, 1.807) is 36.0 Å². The molecule has 0 aliphatic heterocycles. The number of carbonyl (C=O) groups is 1. The van der Waals surface area contributed by atoms with Crippen LogP contribution in [0.4, 0.5) is 5.69 Å². The lowest BCUT2D eigenvalue weighted by molar-refractivity contribution is 0.102. The van der Waals surface area contributed by atoms with Crippen molar-refractivity contribution >= 4 is 11.6 Å². The number of hydrogen-bond donors (Lipinski definition) is 1. The highest BCUT2D eigenvalue weighted by molar-refractivity contribution is 6.05. The van der Waals surface area contributed by atoms with Gasteiger partial charge in [-0.05, 0) is 30.9 Å². The van der Waals surface area contributed by atoms with Crippen molar-refractivity contribution in [3.05, 3.63) is 52.2 Å². The smallest absolute Gasteiger partial charge is 0.263 e. The number of aromatic nitrogens is 2. The van der Waals surface area contributed by atoms with Crippen molar-refractivity contribution in [1.29, 1.82) is 0 Å². The molecule has 0 radical (unpaired) electrons. The van der Waals surface area contributed by atoms with E-state index in [1.165, 1.54) is 13.3 Å². The third-order valence-electron chi connectivity index (χ3n) is 3.80. The van der Waals surface area contributed by atoms with E-state index < -0.39 is 5.91 Å². The van der Waals surface area contributed by atoms with Gasteiger partial charge >= 0.3 is 0 Å². The fourth-order valence-corrected chi connectivity index (χ4v) is 2.35. The second-order valence-electron chi connectivity index (χ2n) is 6.08. The predicted octanol–water partition coefficient (Wildman–Crippen LogP) is 2.86. The number of nitrogens with one attached hydrogen (secondary N) is 1. The molecule has 128 valence electrons. The van der Waals surface area contributed by atoms with E-state index in [0.717, 1.165) is 6.42 Å². The summed E-state index contributed by atoms with van der Waals surface area (Å²) in [4.78, 5) is 29.2. The standard InChI is InChI=1S/C18H23N3O3/c1-12(2)6-9-21-10-7-13(3)16(18(21)23)17(22)20-14-11-19-8-5-15(14)24-4/h5,7-8,10-12H,6,9H2,1-4H3,(H,20,22). The van der Waals surface area contributed by atoms with E-state index in [-0.39, 0.29) is 11.1 Å². The zero-order chi connectivity index (χ0) is 17.7. The van der Waals surface area contributed by atoms with Gasteiger partial charge in [0.1, 0.15) is 17.0 Å². The molecule has 6 nitrogen and oxygen atoms in total. The van der Waals surface area contributed by atoms with Crippen molar-refractivity contribution in [3.63, 3.8) is 0 Å². The van der Waals surface area contributed by atoms with Crippen LogP contribution in [-0.4, -0.2) is 22.6 Å². The molecule has 24 heavy (non-hydrogen) atoms. The summed E-state index contributed by atoms with van der Waals surface area (Å²) >= 11 is 0. The van der Waals surface area contributed by atoms with Crippen molar-refractivity contribution in [2.24, 2.45) is 5.92 Å². The molecule has 2 aromatic rings. The molecular weight excluding hydrogens is 306 g/mol. The average molecular weight is 329 g/mol. The molecule has 0 bridgehead atoms. The quantitative estimate of drug-likeness (QED) is 0.884. The summed E-state index contributed by atoms with van der Waals surface area (Å²) in [5.41, 5.74) is 0.936. The fourth-order valence-electron chi connectivity index (χ4n) is 2.35. The van der Waals surface area contributed by atoms with Gasteiger partial charge in [0, 0.05) is 25.0 Å². The first-order valence-corrected chi connectivity index (χ1v) is 7.93. The molecule has 0 spiro atoms. The zero-order valence-electron chi connectivity index (χ0n) is 14.5. The Kier molecular flexibility index (Phi) is 5.73. The van der Waals surface area contributed by atoms with Gasteiger partial charge in [-0.1, -0.05) is 13.8 Å². The van der Waals surface area contributed by atoms with E-state index in [2.05, 4.69) is 24.1 Å². The summed E-state index contributed by atoms with van der Waals surface area (Å²) < 4.78 is 6.78. The van der Waals surface area contributed by atoms with Gasteiger partial charge in [-0.25, -0.2) is 0 Å². The van der Waals surface area contributed by atoms with Gasteiger partial charge < -0.3 is 14.6 Å². The normalized spacial score (nSPS) is 10.7. The first-order chi connectivity index (χ1) is 11.4. The SMILES string of the molecule is COc1ccncc1NC(=O)c1c(C)ccn(CCC(C)C)c1=O. The Balaban J connectivity index is 2.32. The van der Waals surface area contributed by atoms with Gasteiger partial charge in [0.15, 0.2) is 0 Å². The van der Waals surface area contributed by atoms with E-state index in [0.29, 0.717) is 29.5 Å². The zero-order valence-corrected chi connectivity index (χ0v) is 14.5. The third-order valence-corrected chi connectivity index (χ3v) is 3.80. The Morgan fingerprint density at radius 3 is 2.79 bits per heavy atom. The number of ether oxygens (including phenoxy) is 1. The van der Waals surface area contributed by atoms with Gasteiger partial charge in [-0.15, -0.1) is 0 Å². The summed E-state index contributed by atoms with van der Waals surface area (Å²) in [7, 11) is 1.51. The summed E-state index contributed by atoms with van der Waals surface area (Å²) in [5, 5.41) is 2.71. The molecule has 1 amide bonds. The lowest BCUT2D eigenvalue weighted by Gasteiger charge is -2.13. The summed E-state index contributed by atoms with van der Waals surface area (Å²) in [6.45, 7) is 6.54. The van der Waals surface area contributed by atoms with Crippen LogP contribution in [0.1, 0.15) is 36.2 Å². The van der Waals surface area contributed by atoms with Crippen LogP contribution in [0.3, 0.4) is 0 Å². The van der Waals surface area contributed by atoms with Crippen molar-refractivity contribution in [3.8, 4) is 5.75 Å². The number of aryl methyl sites for hydroxylation is 2. The van der Waals surface area contributed by atoms with Gasteiger partial charge in [0.25, 0.3) is 11.5 Å². The number of rotatable bonds is 6. The van der Waals surface area contributed by atoms with Crippen LogP contribution in [0.2, 0.25) is 0 Å². The molecule has 2 rings (SSSR count). The molecule has 0 saturated carbocycles. The highest BCUT2D eigenvalue weighted by Gasteiger charge is 2.17. The van der Waals surface area contributed by atoms with Gasteiger partial charge in [0.05, 0.1) is 13.3 Å². The highest BCUT2D eigenvalue weighted by Crippen LogP contribution is 2.22. The minimum Gasteiger partial charge on any atom is -0.494 e. The molecule has 1 N–H and O–H groups in total. The lowest BCUT2D eigenvalue weighted by atomic mass is 10.1. The number of amides is 1. The summed E-state index contributed by atoms with van der Waals surface area (Å²) in [5.74, 6) is 0.518. The van der Waals surface area contributed by atoms with E-state index in [9.17, 15) is 9.59 Å². The van der Waals surface area contributed by atoms with Gasteiger partial charge in [-0.2, -0.15) is 0 Å². The molecule has 0 fully saturated rings. The Morgan fingerprint density at radius 2 is 2.12 bits per heavy atom. The van der Waals surface area contributed by atoms with Crippen LogP contribution >= 0.6 is 0 Å². The maximum absolute atomic E-state index is 12.6. The van der Waals surface area contributed by atoms with Crippen molar-refractivity contribution in [2.45, 2.75) is 33.7 Å². The number of anilines is 1. The molecule has 0 aromatic carbocycles. The van der Waals surface area contributed by atoms with Crippen LogP contribution in [0.15, 0.2) is 35.5 Å². The largest absolute Gasteiger partial charge is 0.494 e. The van der Waals surface area contributed by atoms with Crippen LogP contribution in [0.25, 0.3) is 0 Å². The van der Waals surface area contributed by atoms with Crippen molar-refractivity contribution in [1.82, 2.24) is 9.55 Å². The maximum Gasteiger partial charge on any atom is 0.263 e. The van der Waals surface area contributed by atoms with Crippen molar-refractivity contribution < 1.29 is 9.53 Å². The van der Waals surface area contributed by atoms with E-state index in [1.807, 2.05) is 0 Å². The van der Waals surface area contributed by atoms with Crippen LogP contribution < -0.4 is 15.6 Å². The molecule has 0 unspecified atom stereocenters. The first-order valence-electron chi connectivity index (χ1n) is 7.93. The maximum atomic E-state index is 12.6. The number of methoxy groups -OCH3 is 1. The molecular formula is C18H23N3O3. The Bertz CT molecular complexity index is 781. The third kappa shape index (κ3) is 4.01. The predicted molar refractivity (Wildman–Crippen MR) is 93.6 cm³/mol. The Labute approximate surface area is 141 Å². The van der Waals surface area contributed by atoms with E-state index in [4.69, 9.17) is 4.74 Å². The minimum absolute atomic E-state index is 0.146. The second kappa shape index (κ2) is 7.77. The Hall–Kier alpha value is -2.63. The molecule has 0 saturated heterocycles. The monoisotopic (exact) mass is 329 g/mol. The van der Waals surface area contributed by atoms with Crippen molar-refractivity contribution in [2.75, 3.05) is 12.4 Å². The van der Waals surface area contributed by atoms with Gasteiger partial charge in [0.2, 0.25) is 0 Å². The van der Waals surface area contributed by atoms with Crippen LogP contribution in [0, 0.1) is 12.8 Å². The van der Waals surface area contributed by atoms with Crippen LogP contribution in [-0.2, 0) is 6.54 Å². The summed E-state index contributed by atoms with van der Waals surface area (Å²) in [6, 6.07) is 3.44. The lowest BCUT2D eigenvalue weighted by Crippen LogP contribution is -2.30. The topological polar surface area (TPSA) is 73.2 Å². The van der Waals surface area contributed by atoms with E-state index >= 15 is 0 Å². The average Bonchev–Trinajstić information content (AvgIpc) is 2.54. The number of nitrogens with zero attached hydrogens (tertiary/aromatic N) is 2. The van der Waals surface area contributed by atoms with Gasteiger partial charge in [-0.3, -0.25) is 14.6 Å². The molecule has 0 aliphatic rings. The molecule has 2 heterocycles. The Morgan fingerprint density at radius 1 is 1.38 bits per heavy atom. The minimum atomic E-state index is -0.456. The molecule has 2 aromatic heterocycles. The number of carbonyl (C=O) groups excluding carboxylic acids is 1. The number of hydrogen-bond acceptors (Lipinski definition) is 4. The first kappa shape index (κ1) is 17.7. The molecule has 0 aliphatic carbocycles.